The normalized spacial score (nSPS) is 22.7. The molecule has 0 N–H and O–H groups in total. The van der Waals surface area contributed by atoms with Crippen molar-refractivity contribution in [1.29, 1.82) is 0 Å². The summed E-state index contributed by atoms with van der Waals surface area (Å²) in [6.45, 7) is 13.9. The highest BCUT2D eigenvalue weighted by molar-refractivity contribution is 5.13. The number of allylic oxidation sites excluding steroid dienone is 1. The Morgan fingerprint density at radius 1 is 1.29 bits per heavy atom. The maximum absolute atomic E-state index is 3.35. The summed E-state index contributed by atoms with van der Waals surface area (Å²) in [4.78, 5) is 0. The van der Waals surface area contributed by atoms with E-state index in [9.17, 15) is 0 Å². The lowest BCUT2D eigenvalue weighted by atomic mass is 9.68. The Kier molecular flexibility index (Phi) is 2.97. The van der Waals surface area contributed by atoms with Crippen molar-refractivity contribution in [2.24, 2.45) is 16.7 Å². The van der Waals surface area contributed by atoms with Gasteiger partial charge in [0.1, 0.15) is 0 Å². The fourth-order valence-corrected chi connectivity index (χ4v) is 2.69. The van der Waals surface area contributed by atoms with Gasteiger partial charge in [0.05, 0.1) is 0 Å². The Balaban J connectivity index is 2.64. The highest BCUT2D eigenvalue weighted by Gasteiger charge is 2.33. The summed E-state index contributed by atoms with van der Waals surface area (Å²) in [5.41, 5.74) is 5.60. The third kappa shape index (κ3) is 3.03. The molecule has 0 aromatic rings. The average Bonchev–Trinajstić information content (AvgIpc) is 2.29. The van der Waals surface area contributed by atoms with Gasteiger partial charge in [-0.3, -0.25) is 0 Å². The quantitative estimate of drug-likeness (QED) is 0.562. The SMILES string of the molecule is CC1=C=CC(C(C)(C)CC(C)(C)C)C1. The molecular weight excluding hydrogens is 168 g/mol. The van der Waals surface area contributed by atoms with E-state index in [1.807, 2.05) is 0 Å². The van der Waals surface area contributed by atoms with Crippen LogP contribution in [-0.2, 0) is 0 Å². The third-order valence-electron chi connectivity index (χ3n) is 3.05. The number of hydrogen-bond donors (Lipinski definition) is 0. The van der Waals surface area contributed by atoms with Gasteiger partial charge in [0.25, 0.3) is 0 Å². The van der Waals surface area contributed by atoms with E-state index in [4.69, 9.17) is 0 Å². The summed E-state index contributed by atoms with van der Waals surface area (Å²) in [5.74, 6) is 0.696. The van der Waals surface area contributed by atoms with Crippen LogP contribution in [0.15, 0.2) is 17.4 Å². The lowest BCUT2D eigenvalue weighted by molar-refractivity contribution is 0.159. The number of rotatable bonds is 2. The Bertz CT molecular complexity index is 267. The Labute approximate surface area is 89.1 Å². The summed E-state index contributed by atoms with van der Waals surface area (Å²) < 4.78 is 0. The van der Waals surface area contributed by atoms with Gasteiger partial charge in [-0.1, -0.05) is 34.6 Å². The van der Waals surface area contributed by atoms with E-state index in [1.54, 1.807) is 0 Å². The molecule has 1 aliphatic rings. The van der Waals surface area contributed by atoms with E-state index in [0.29, 0.717) is 16.7 Å². The molecule has 1 aliphatic carbocycles. The van der Waals surface area contributed by atoms with E-state index in [2.05, 4.69) is 53.3 Å². The van der Waals surface area contributed by atoms with Gasteiger partial charge >= 0.3 is 0 Å². The van der Waals surface area contributed by atoms with Crippen LogP contribution in [0.2, 0.25) is 0 Å². The smallest absolute Gasteiger partial charge is 0.00627 e. The molecule has 0 saturated heterocycles. The van der Waals surface area contributed by atoms with Crippen molar-refractivity contribution in [1.82, 2.24) is 0 Å². The molecule has 0 spiro atoms. The highest BCUT2D eigenvalue weighted by Crippen LogP contribution is 2.43. The van der Waals surface area contributed by atoms with Crippen LogP contribution in [-0.4, -0.2) is 0 Å². The molecule has 14 heavy (non-hydrogen) atoms. The Morgan fingerprint density at radius 2 is 1.86 bits per heavy atom. The topological polar surface area (TPSA) is 0 Å². The second-order valence-corrected chi connectivity index (χ2v) is 6.63. The first-order chi connectivity index (χ1) is 6.21. The first-order valence-corrected chi connectivity index (χ1v) is 5.63. The average molecular weight is 192 g/mol. The molecule has 0 heterocycles. The van der Waals surface area contributed by atoms with E-state index in [1.165, 1.54) is 18.4 Å². The maximum Gasteiger partial charge on any atom is -0.00627 e. The highest BCUT2D eigenvalue weighted by atomic mass is 14.4. The zero-order chi connectivity index (χ0) is 11.0. The summed E-state index contributed by atoms with van der Waals surface area (Å²) in [6.07, 6.45) is 4.76. The van der Waals surface area contributed by atoms with Gasteiger partial charge < -0.3 is 0 Å². The van der Waals surface area contributed by atoms with Crippen LogP contribution in [0.5, 0.6) is 0 Å². The van der Waals surface area contributed by atoms with Gasteiger partial charge in [0.15, 0.2) is 0 Å². The van der Waals surface area contributed by atoms with Crippen molar-refractivity contribution < 1.29 is 0 Å². The van der Waals surface area contributed by atoms with Crippen LogP contribution >= 0.6 is 0 Å². The lowest BCUT2D eigenvalue weighted by Gasteiger charge is -2.36. The van der Waals surface area contributed by atoms with Gasteiger partial charge in [-0.2, -0.15) is 0 Å². The maximum atomic E-state index is 3.35. The lowest BCUT2D eigenvalue weighted by Crippen LogP contribution is -2.27. The molecule has 0 fully saturated rings. The molecule has 0 aromatic heterocycles. The number of hydrogen-bond acceptors (Lipinski definition) is 0. The van der Waals surface area contributed by atoms with Crippen molar-refractivity contribution in [3.8, 4) is 0 Å². The first kappa shape index (κ1) is 11.6. The molecule has 0 radical (unpaired) electrons. The molecule has 0 aliphatic heterocycles. The Morgan fingerprint density at radius 3 is 2.21 bits per heavy atom. The largest absolute Gasteiger partial charge is 0.126 e. The van der Waals surface area contributed by atoms with Crippen molar-refractivity contribution in [3.05, 3.63) is 17.4 Å². The first-order valence-electron chi connectivity index (χ1n) is 5.63. The molecule has 0 nitrogen and oxygen atoms in total. The zero-order valence-corrected chi connectivity index (χ0v) is 10.6. The van der Waals surface area contributed by atoms with Gasteiger partial charge in [-0.25, -0.2) is 0 Å². The molecule has 0 aromatic carbocycles. The van der Waals surface area contributed by atoms with Crippen LogP contribution in [0, 0.1) is 16.7 Å². The molecular formula is C14H24. The second-order valence-electron chi connectivity index (χ2n) is 6.63. The molecule has 1 atom stereocenters. The van der Waals surface area contributed by atoms with Crippen LogP contribution in [0.3, 0.4) is 0 Å². The van der Waals surface area contributed by atoms with Crippen molar-refractivity contribution >= 4 is 0 Å². The molecule has 0 saturated carbocycles. The van der Waals surface area contributed by atoms with Gasteiger partial charge in [0.2, 0.25) is 0 Å². The fraction of sp³-hybridized carbons (Fsp3) is 0.786. The molecule has 1 unspecified atom stereocenters. The summed E-state index contributed by atoms with van der Waals surface area (Å²) >= 11 is 0. The minimum absolute atomic E-state index is 0.406. The summed E-state index contributed by atoms with van der Waals surface area (Å²) in [6, 6.07) is 0. The van der Waals surface area contributed by atoms with E-state index in [0.717, 1.165) is 0 Å². The monoisotopic (exact) mass is 192 g/mol. The van der Waals surface area contributed by atoms with E-state index in [-0.39, 0.29) is 0 Å². The molecule has 0 bridgehead atoms. The van der Waals surface area contributed by atoms with Gasteiger partial charge in [0, 0.05) is 0 Å². The van der Waals surface area contributed by atoms with Crippen LogP contribution in [0.4, 0.5) is 0 Å². The molecule has 1 rings (SSSR count). The van der Waals surface area contributed by atoms with Gasteiger partial charge in [-0.15, -0.1) is 5.73 Å². The predicted octanol–water partition coefficient (Wildman–Crippen LogP) is 4.57. The zero-order valence-electron chi connectivity index (χ0n) is 10.6. The minimum atomic E-state index is 0.406. The second kappa shape index (κ2) is 3.59. The van der Waals surface area contributed by atoms with E-state index < -0.39 is 0 Å². The van der Waals surface area contributed by atoms with Gasteiger partial charge in [-0.05, 0) is 48.2 Å². The third-order valence-corrected chi connectivity index (χ3v) is 3.05. The van der Waals surface area contributed by atoms with E-state index >= 15 is 0 Å². The van der Waals surface area contributed by atoms with Crippen LogP contribution < -0.4 is 0 Å². The van der Waals surface area contributed by atoms with Crippen LogP contribution in [0.1, 0.15) is 54.4 Å². The molecule has 0 amide bonds. The standard InChI is InChI=1S/C14H24/c1-11-7-8-12(9-11)14(5,6)10-13(2,3)4/h8,12H,9-10H2,1-6H3. The molecule has 0 heteroatoms. The predicted molar refractivity (Wildman–Crippen MR) is 63.2 cm³/mol. The minimum Gasteiger partial charge on any atom is -0.126 e. The van der Waals surface area contributed by atoms with Crippen molar-refractivity contribution in [2.45, 2.75) is 54.4 Å². The van der Waals surface area contributed by atoms with Crippen molar-refractivity contribution in [2.75, 3.05) is 0 Å². The fourth-order valence-electron chi connectivity index (χ4n) is 2.69. The Hall–Kier alpha value is -0.480. The summed E-state index contributed by atoms with van der Waals surface area (Å²) in [5, 5.41) is 0. The van der Waals surface area contributed by atoms with Crippen molar-refractivity contribution in [3.63, 3.8) is 0 Å². The van der Waals surface area contributed by atoms with Crippen LogP contribution in [0.25, 0.3) is 0 Å². The summed E-state index contributed by atoms with van der Waals surface area (Å²) in [7, 11) is 0. The molecule has 80 valence electrons.